The number of oxime groups is 1. The van der Waals surface area contributed by atoms with Crippen molar-refractivity contribution in [3.05, 3.63) is 47.0 Å². The standard InChI is InChI=1S/C19H22ClNO5/c20-12-3-1-11(2-4-12)17(22)6-5-13-14-9-16(15(14)10-18(13)23)21-26-8-7-19(24)25/h1-6,13-15,17-18,22-23H,7-10H2,(H,24,25)/t13?,14-,15-,17?,18?/m0/s1. The smallest absolute Gasteiger partial charge is 0.306 e. The van der Waals surface area contributed by atoms with Crippen LogP contribution in [0.15, 0.2) is 41.6 Å². The third-order valence-corrected chi connectivity index (χ3v) is 5.39. The van der Waals surface area contributed by atoms with Gasteiger partial charge >= 0.3 is 5.97 Å². The summed E-state index contributed by atoms with van der Waals surface area (Å²) in [6, 6.07) is 7.00. The predicted octanol–water partition coefficient (Wildman–Crippen LogP) is 2.79. The van der Waals surface area contributed by atoms with Gasteiger partial charge in [0.2, 0.25) is 0 Å². The lowest BCUT2D eigenvalue weighted by atomic mass is 9.71. The highest BCUT2D eigenvalue weighted by molar-refractivity contribution is 6.30. The van der Waals surface area contributed by atoms with Crippen molar-refractivity contribution < 1.29 is 25.0 Å². The van der Waals surface area contributed by atoms with Crippen molar-refractivity contribution in [1.82, 2.24) is 0 Å². The van der Waals surface area contributed by atoms with E-state index in [4.69, 9.17) is 21.5 Å². The fourth-order valence-corrected chi connectivity index (χ4v) is 3.81. The van der Waals surface area contributed by atoms with Gasteiger partial charge < -0.3 is 20.2 Å². The molecule has 6 nitrogen and oxygen atoms in total. The third kappa shape index (κ3) is 4.26. The number of nitrogens with zero attached hydrogens (tertiary/aromatic N) is 1. The Morgan fingerprint density at radius 3 is 2.81 bits per heavy atom. The molecule has 140 valence electrons. The average Bonchev–Trinajstić information content (AvgIpc) is 2.84. The summed E-state index contributed by atoms with van der Waals surface area (Å²) < 4.78 is 0. The molecule has 1 aromatic carbocycles. The Hall–Kier alpha value is -1.89. The van der Waals surface area contributed by atoms with Crippen LogP contribution in [0.4, 0.5) is 0 Å². The summed E-state index contributed by atoms with van der Waals surface area (Å²) in [5, 5.41) is 33.8. The first-order valence-electron chi connectivity index (χ1n) is 8.66. The molecule has 0 aromatic heterocycles. The zero-order valence-corrected chi connectivity index (χ0v) is 14.9. The molecule has 0 radical (unpaired) electrons. The summed E-state index contributed by atoms with van der Waals surface area (Å²) in [7, 11) is 0. The van der Waals surface area contributed by atoms with Crippen LogP contribution in [0.1, 0.15) is 30.9 Å². The van der Waals surface area contributed by atoms with Gasteiger partial charge in [-0.1, -0.05) is 41.0 Å². The number of carbonyl (C=O) groups is 1. The van der Waals surface area contributed by atoms with Crippen LogP contribution in [-0.2, 0) is 9.63 Å². The fraction of sp³-hybridized carbons (Fsp3) is 0.474. The quantitative estimate of drug-likeness (QED) is 0.384. The monoisotopic (exact) mass is 379 g/mol. The van der Waals surface area contributed by atoms with Crippen molar-refractivity contribution in [3.63, 3.8) is 0 Å². The molecule has 3 rings (SSSR count). The van der Waals surface area contributed by atoms with Crippen LogP contribution >= 0.6 is 11.6 Å². The molecule has 0 saturated heterocycles. The number of carboxylic acid groups (broad SMARTS) is 1. The van der Waals surface area contributed by atoms with E-state index in [1.165, 1.54) is 0 Å². The van der Waals surface area contributed by atoms with Crippen LogP contribution in [0.2, 0.25) is 5.02 Å². The molecule has 26 heavy (non-hydrogen) atoms. The Morgan fingerprint density at radius 1 is 1.38 bits per heavy atom. The zero-order chi connectivity index (χ0) is 18.7. The minimum atomic E-state index is -0.919. The van der Waals surface area contributed by atoms with E-state index in [1.807, 2.05) is 6.08 Å². The molecule has 2 aliphatic rings. The zero-order valence-electron chi connectivity index (χ0n) is 14.2. The van der Waals surface area contributed by atoms with Crippen molar-refractivity contribution >= 4 is 23.3 Å². The molecule has 1 aromatic rings. The molecule has 3 N–H and O–H groups in total. The SMILES string of the molecule is O=C(O)CCON=C1C[C@H]2C(C=CC(O)c3ccc(Cl)cc3)C(O)C[C@H]12. The first kappa shape index (κ1) is 18.9. The summed E-state index contributed by atoms with van der Waals surface area (Å²) in [4.78, 5) is 15.5. The molecule has 2 aliphatic carbocycles. The Morgan fingerprint density at radius 2 is 2.12 bits per heavy atom. The number of aliphatic carboxylic acids is 1. The van der Waals surface area contributed by atoms with Gasteiger partial charge in [-0.25, -0.2) is 0 Å². The number of hydrogen-bond donors (Lipinski definition) is 3. The molecule has 0 heterocycles. The first-order valence-corrected chi connectivity index (χ1v) is 9.04. The second-order valence-corrected chi connectivity index (χ2v) is 7.23. The lowest BCUT2D eigenvalue weighted by molar-refractivity contribution is -0.138. The predicted molar refractivity (Wildman–Crippen MR) is 96.9 cm³/mol. The van der Waals surface area contributed by atoms with Crippen molar-refractivity contribution in [2.75, 3.05) is 6.61 Å². The molecule has 7 heteroatoms. The molecular formula is C19H22ClNO5. The average molecular weight is 380 g/mol. The van der Waals surface area contributed by atoms with Gasteiger partial charge in [0, 0.05) is 16.9 Å². The van der Waals surface area contributed by atoms with Crippen LogP contribution in [0.25, 0.3) is 0 Å². The van der Waals surface area contributed by atoms with E-state index in [1.54, 1.807) is 30.3 Å². The van der Waals surface area contributed by atoms with Gasteiger partial charge in [0.15, 0.2) is 0 Å². The molecule has 5 atom stereocenters. The van der Waals surface area contributed by atoms with Gasteiger partial charge in [-0.2, -0.15) is 0 Å². The number of rotatable bonds is 7. The van der Waals surface area contributed by atoms with Crippen LogP contribution in [0, 0.1) is 17.8 Å². The summed E-state index contributed by atoms with van der Waals surface area (Å²) in [5.41, 5.74) is 1.63. The summed E-state index contributed by atoms with van der Waals surface area (Å²) in [5.74, 6) is -0.505. The van der Waals surface area contributed by atoms with E-state index in [0.717, 1.165) is 17.7 Å². The van der Waals surface area contributed by atoms with E-state index in [2.05, 4.69) is 5.16 Å². The minimum Gasteiger partial charge on any atom is -0.481 e. The van der Waals surface area contributed by atoms with Crippen LogP contribution < -0.4 is 0 Å². The largest absolute Gasteiger partial charge is 0.481 e. The molecule has 2 fully saturated rings. The lowest BCUT2D eigenvalue weighted by Crippen LogP contribution is -2.36. The van der Waals surface area contributed by atoms with Gasteiger partial charge in [0.25, 0.3) is 0 Å². The molecule has 0 amide bonds. The molecule has 0 spiro atoms. The molecule has 0 aliphatic heterocycles. The molecule has 3 unspecified atom stereocenters. The molecule has 2 saturated carbocycles. The van der Waals surface area contributed by atoms with Crippen LogP contribution in [-0.4, -0.2) is 39.7 Å². The van der Waals surface area contributed by atoms with Crippen LogP contribution in [0.3, 0.4) is 0 Å². The highest BCUT2D eigenvalue weighted by Crippen LogP contribution is 2.49. The second-order valence-electron chi connectivity index (χ2n) is 6.80. The van der Waals surface area contributed by atoms with Crippen molar-refractivity contribution in [3.8, 4) is 0 Å². The maximum atomic E-state index is 10.4. The molecular weight excluding hydrogens is 358 g/mol. The highest BCUT2D eigenvalue weighted by Gasteiger charge is 2.51. The highest BCUT2D eigenvalue weighted by atomic mass is 35.5. The number of halogens is 1. The van der Waals surface area contributed by atoms with Gasteiger partial charge in [-0.3, -0.25) is 4.79 Å². The van der Waals surface area contributed by atoms with Gasteiger partial charge in [0.1, 0.15) is 6.61 Å². The maximum absolute atomic E-state index is 10.4. The fourth-order valence-electron chi connectivity index (χ4n) is 3.68. The molecule has 0 bridgehead atoms. The Kier molecular flexibility index (Phi) is 5.96. The van der Waals surface area contributed by atoms with Crippen molar-refractivity contribution in [1.29, 1.82) is 0 Å². The maximum Gasteiger partial charge on any atom is 0.306 e. The van der Waals surface area contributed by atoms with Gasteiger partial charge in [-0.05, 0) is 36.5 Å². The van der Waals surface area contributed by atoms with E-state index in [9.17, 15) is 15.0 Å². The van der Waals surface area contributed by atoms with Gasteiger partial charge in [0.05, 0.1) is 24.3 Å². The second kappa shape index (κ2) is 8.20. The number of aliphatic hydroxyl groups excluding tert-OH is 2. The summed E-state index contributed by atoms with van der Waals surface area (Å²) in [6.07, 6.45) is 3.62. The summed E-state index contributed by atoms with van der Waals surface area (Å²) >= 11 is 5.85. The normalized spacial score (nSPS) is 30.2. The number of fused-ring (bicyclic) bond motifs is 1. The van der Waals surface area contributed by atoms with Crippen molar-refractivity contribution in [2.45, 2.75) is 31.5 Å². The number of benzene rings is 1. The topological polar surface area (TPSA) is 99.4 Å². The number of hydrogen-bond acceptors (Lipinski definition) is 5. The van der Waals surface area contributed by atoms with E-state index in [-0.39, 0.29) is 30.8 Å². The van der Waals surface area contributed by atoms with Crippen LogP contribution in [0.5, 0.6) is 0 Å². The Balaban J connectivity index is 1.55. The first-order chi connectivity index (χ1) is 12.5. The Labute approximate surface area is 156 Å². The van der Waals surface area contributed by atoms with Gasteiger partial charge in [-0.15, -0.1) is 0 Å². The third-order valence-electron chi connectivity index (χ3n) is 5.14. The Bertz CT molecular complexity index is 702. The number of carboxylic acids is 1. The summed E-state index contributed by atoms with van der Waals surface area (Å²) in [6.45, 7) is 0.0510. The minimum absolute atomic E-state index is 0.0279. The van der Waals surface area contributed by atoms with E-state index < -0.39 is 18.2 Å². The van der Waals surface area contributed by atoms with Crippen molar-refractivity contribution in [2.24, 2.45) is 22.9 Å². The van der Waals surface area contributed by atoms with E-state index >= 15 is 0 Å². The lowest BCUT2D eigenvalue weighted by Gasteiger charge is -2.34. The van der Waals surface area contributed by atoms with E-state index in [0.29, 0.717) is 11.4 Å². The number of aliphatic hydroxyl groups is 2.